The Morgan fingerprint density at radius 3 is 2.57 bits per heavy atom. The number of amides is 1. The van der Waals surface area contributed by atoms with E-state index in [2.05, 4.69) is 10.1 Å². The monoisotopic (exact) mass is 491 g/mol. The average molecular weight is 491 g/mol. The van der Waals surface area contributed by atoms with Crippen molar-refractivity contribution in [3.63, 3.8) is 0 Å². The third-order valence-electron chi connectivity index (χ3n) is 5.28. The first-order valence-corrected chi connectivity index (χ1v) is 10.4. The first-order chi connectivity index (χ1) is 16.6. The van der Waals surface area contributed by atoms with Gasteiger partial charge in [0.25, 0.3) is 0 Å². The quantitative estimate of drug-likeness (QED) is 0.559. The van der Waals surface area contributed by atoms with Crippen LogP contribution in [0.15, 0.2) is 54.9 Å². The molecule has 1 amide bonds. The molecule has 10 nitrogen and oxygen atoms in total. The predicted octanol–water partition coefficient (Wildman–Crippen LogP) is 2.89. The maximum Gasteiger partial charge on any atom is 0.417 e. The van der Waals surface area contributed by atoms with Crippen LogP contribution in [0.5, 0.6) is 11.6 Å². The summed E-state index contributed by atoms with van der Waals surface area (Å²) in [6.07, 6.45) is -3.69. The average Bonchev–Trinajstić information content (AvgIpc) is 3.30. The number of piperazine rings is 1. The highest BCUT2D eigenvalue weighted by Crippen LogP contribution is 2.30. The van der Waals surface area contributed by atoms with Gasteiger partial charge in [-0.1, -0.05) is 12.1 Å². The number of aliphatic hydroxyl groups is 1. The molecule has 3 aromatic rings. The fourth-order valence-corrected chi connectivity index (χ4v) is 3.56. The minimum absolute atomic E-state index is 0.0161. The molecule has 3 heterocycles. The standard InChI is InChI=1S/C22H20F3N5O5/c23-22(24,25)15-4-5-18(26-11-15)35-16-3-1-2-14(10-16)12-28-8-9-29(19(31)13-28)21(34)30-7-6-17(27-30)20(32)33/h1-7,10-11,19,31H,8-9,12-13H2,(H,32,33). The van der Waals surface area contributed by atoms with E-state index in [1.54, 1.807) is 18.2 Å². The summed E-state index contributed by atoms with van der Waals surface area (Å²) >= 11 is 0. The second-order valence-electron chi connectivity index (χ2n) is 7.77. The Hall–Kier alpha value is -3.97. The Bertz CT molecular complexity index is 1210. The molecule has 1 saturated heterocycles. The number of carboxylic acids is 1. The predicted molar refractivity (Wildman–Crippen MR) is 114 cm³/mol. The topological polar surface area (TPSA) is 121 Å². The van der Waals surface area contributed by atoms with Crippen molar-refractivity contribution in [2.24, 2.45) is 0 Å². The number of alkyl halides is 3. The molecule has 1 aliphatic rings. The maximum atomic E-state index is 12.7. The van der Waals surface area contributed by atoms with Crippen LogP contribution >= 0.6 is 0 Å². The first-order valence-electron chi connectivity index (χ1n) is 10.4. The molecule has 0 aliphatic carbocycles. The summed E-state index contributed by atoms with van der Waals surface area (Å²) in [4.78, 5) is 30.3. The second kappa shape index (κ2) is 9.72. The van der Waals surface area contributed by atoms with Gasteiger partial charge in [0.1, 0.15) is 12.0 Å². The third-order valence-corrected chi connectivity index (χ3v) is 5.28. The molecule has 1 fully saturated rings. The molecule has 0 spiro atoms. The molecular formula is C22H20F3N5O5. The largest absolute Gasteiger partial charge is 0.476 e. The molecule has 1 atom stereocenters. The zero-order valence-corrected chi connectivity index (χ0v) is 18.1. The molecule has 1 aliphatic heterocycles. The number of aromatic nitrogens is 3. The van der Waals surface area contributed by atoms with E-state index < -0.39 is 30.0 Å². The Labute approximate surface area is 196 Å². The normalized spacial score (nSPS) is 16.8. The lowest BCUT2D eigenvalue weighted by Crippen LogP contribution is -2.55. The smallest absolute Gasteiger partial charge is 0.417 e. The number of pyridine rings is 1. The van der Waals surface area contributed by atoms with Crippen LogP contribution < -0.4 is 4.74 Å². The van der Waals surface area contributed by atoms with Gasteiger partial charge >= 0.3 is 18.2 Å². The summed E-state index contributed by atoms with van der Waals surface area (Å²) < 4.78 is 44.5. The van der Waals surface area contributed by atoms with Gasteiger partial charge in [-0.3, -0.25) is 9.80 Å². The Morgan fingerprint density at radius 2 is 1.94 bits per heavy atom. The number of halogens is 3. The molecule has 1 unspecified atom stereocenters. The van der Waals surface area contributed by atoms with Crippen LogP contribution in [0.4, 0.5) is 18.0 Å². The molecule has 2 aromatic heterocycles. The van der Waals surface area contributed by atoms with Gasteiger partial charge in [-0.2, -0.15) is 23.0 Å². The van der Waals surface area contributed by atoms with E-state index >= 15 is 0 Å². The highest BCUT2D eigenvalue weighted by atomic mass is 19.4. The summed E-state index contributed by atoms with van der Waals surface area (Å²) in [6, 6.07) is 9.49. The van der Waals surface area contributed by atoms with E-state index in [1.165, 1.54) is 17.2 Å². The molecule has 4 rings (SSSR count). The maximum absolute atomic E-state index is 12.7. The van der Waals surface area contributed by atoms with Crippen LogP contribution in [0, 0.1) is 0 Å². The van der Waals surface area contributed by atoms with E-state index in [1.807, 2.05) is 11.0 Å². The van der Waals surface area contributed by atoms with Crippen molar-refractivity contribution < 1.29 is 37.7 Å². The minimum Gasteiger partial charge on any atom is -0.476 e. The van der Waals surface area contributed by atoms with Gasteiger partial charge in [0.05, 0.1) is 5.56 Å². The van der Waals surface area contributed by atoms with Gasteiger partial charge in [0.15, 0.2) is 5.69 Å². The Kier molecular flexibility index (Phi) is 6.71. The summed E-state index contributed by atoms with van der Waals surface area (Å²) in [5, 5.41) is 23.1. The van der Waals surface area contributed by atoms with Crippen LogP contribution in [-0.2, 0) is 12.7 Å². The van der Waals surface area contributed by atoms with Crippen molar-refractivity contribution in [3.8, 4) is 11.6 Å². The fraction of sp³-hybridized carbons (Fsp3) is 0.273. The highest BCUT2D eigenvalue weighted by molar-refractivity contribution is 5.86. The van der Waals surface area contributed by atoms with Crippen molar-refractivity contribution in [2.75, 3.05) is 19.6 Å². The Balaban J connectivity index is 1.35. The summed E-state index contributed by atoms with van der Waals surface area (Å²) in [5.41, 5.74) is -0.329. The molecular weight excluding hydrogens is 471 g/mol. The molecule has 0 radical (unpaired) electrons. The molecule has 13 heteroatoms. The van der Waals surface area contributed by atoms with Crippen molar-refractivity contribution in [3.05, 3.63) is 71.7 Å². The number of nitrogens with zero attached hydrogens (tertiary/aromatic N) is 5. The number of benzene rings is 1. The van der Waals surface area contributed by atoms with E-state index in [0.717, 1.165) is 22.4 Å². The zero-order valence-electron chi connectivity index (χ0n) is 18.1. The second-order valence-corrected chi connectivity index (χ2v) is 7.77. The molecule has 184 valence electrons. The number of aliphatic hydroxyl groups excluding tert-OH is 1. The first kappa shape index (κ1) is 24.2. The van der Waals surface area contributed by atoms with Gasteiger partial charge in [-0.15, -0.1) is 0 Å². The van der Waals surface area contributed by atoms with Gasteiger partial charge in [0, 0.05) is 44.6 Å². The van der Waals surface area contributed by atoms with Crippen LogP contribution in [-0.4, -0.2) is 72.6 Å². The van der Waals surface area contributed by atoms with E-state index in [9.17, 15) is 27.9 Å². The van der Waals surface area contributed by atoms with Crippen LogP contribution in [0.3, 0.4) is 0 Å². The lowest BCUT2D eigenvalue weighted by molar-refractivity contribution is -0.137. The summed E-state index contributed by atoms with van der Waals surface area (Å²) in [6.45, 7) is 1.18. The molecule has 0 saturated carbocycles. The van der Waals surface area contributed by atoms with E-state index in [0.29, 0.717) is 25.0 Å². The van der Waals surface area contributed by atoms with Crippen LogP contribution in [0.2, 0.25) is 0 Å². The number of ether oxygens (including phenoxy) is 1. The molecule has 0 bridgehead atoms. The minimum atomic E-state index is -4.48. The van der Waals surface area contributed by atoms with Crippen molar-refractivity contribution >= 4 is 12.0 Å². The van der Waals surface area contributed by atoms with Crippen molar-refractivity contribution in [1.82, 2.24) is 24.6 Å². The van der Waals surface area contributed by atoms with E-state index in [-0.39, 0.29) is 24.7 Å². The van der Waals surface area contributed by atoms with Gasteiger partial charge in [-0.25, -0.2) is 14.6 Å². The third kappa shape index (κ3) is 5.75. The SMILES string of the molecule is O=C(O)c1ccn(C(=O)N2CCN(Cc3cccc(Oc4ccc(C(F)(F)F)cn4)c3)CC2O)n1. The number of aromatic carboxylic acids is 1. The molecule has 35 heavy (non-hydrogen) atoms. The van der Waals surface area contributed by atoms with Crippen LogP contribution in [0.25, 0.3) is 0 Å². The Morgan fingerprint density at radius 1 is 1.14 bits per heavy atom. The van der Waals surface area contributed by atoms with Crippen molar-refractivity contribution in [2.45, 2.75) is 18.9 Å². The fourth-order valence-electron chi connectivity index (χ4n) is 3.56. The summed E-state index contributed by atoms with van der Waals surface area (Å²) in [5.74, 6) is -0.860. The lowest BCUT2D eigenvalue weighted by Gasteiger charge is -2.38. The summed E-state index contributed by atoms with van der Waals surface area (Å²) in [7, 11) is 0. The molecule has 2 N–H and O–H groups in total. The van der Waals surface area contributed by atoms with Gasteiger partial charge in [0.2, 0.25) is 5.88 Å². The number of rotatable bonds is 5. The van der Waals surface area contributed by atoms with E-state index in [4.69, 9.17) is 9.84 Å². The number of carbonyl (C=O) groups excluding carboxylic acids is 1. The number of β-amino-alcohol motifs (C(OH)–C–C–N with tert-alkyl or cyclic N) is 1. The number of carboxylic acid groups (broad SMARTS) is 1. The van der Waals surface area contributed by atoms with Gasteiger partial charge in [-0.05, 0) is 29.8 Å². The zero-order chi connectivity index (χ0) is 25.2. The van der Waals surface area contributed by atoms with Gasteiger partial charge < -0.3 is 14.9 Å². The number of hydrogen-bond acceptors (Lipinski definition) is 7. The lowest BCUT2D eigenvalue weighted by atomic mass is 10.2. The van der Waals surface area contributed by atoms with Crippen molar-refractivity contribution in [1.29, 1.82) is 0 Å². The number of hydrogen-bond donors (Lipinski definition) is 2. The molecule has 1 aromatic carbocycles. The number of carbonyl (C=O) groups is 2. The highest BCUT2D eigenvalue weighted by Gasteiger charge is 2.31. The van der Waals surface area contributed by atoms with Crippen LogP contribution in [0.1, 0.15) is 21.6 Å².